The van der Waals surface area contributed by atoms with Crippen molar-refractivity contribution in [2.75, 3.05) is 7.05 Å². The molecule has 0 atom stereocenters. The molecule has 0 aromatic carbocycles. The van der Waals surface area contributed by atoms with E-state index in [1.807, 2.05) is 0 Å². The van der Waals surface area contributed by atoms with Gasteiger partial charge in [0.15, 0.2) is 0 Å². The van der Waals surface area contributed by atoms with Gasteiger partial charge in [0.05, 0.1) is 6.07 Å². The number of nitrogens with zero attached hydrogens (tertiary/aromatic N) is 2. The lowest BCUT2D eigenvalue weighted by Crippen LogP contribution is -2.41. The maximum Gasteiger partial charge on any atom is 0.350 e. The summed E-state index contributed by atoms with van der Waals surface area (Å²) in [6.07, 6.45) is 0.651. The van der Waals surface area contributed by atoms with Crippen LogP contribution in [-0.4, -0.2) is 31.1 Å². The standard InChI is InChI=1S/C6H8F2N2O2S/c1-10(6(4-9)2-3-6)13(11,12)5(7)8/h5H,2-3H2,1H3. The average Bonchev–Trinajstić information content (AvgIpc) is 2.83. The Morgan fingerprint density at radius 2 is 2.00 bits per heavy atom. The Balaban J connectivity index is 2.93. The molecular formula is C6H8F2N2O2S. The van der Waals surface area contributed by atoms with Crippen LogP contribution in [0.15, 0.2) is 0 Å². The molecule has 1 aliphatic rings. The van der Waals surface area contributed by atoms with Gasteiger partial charge in [0.1, 0.15) is 5.54 Å². The van der Waals surface area contributed by atoms with Crippen LogP contribution in [0.2, 0.25) is 0 Å². The first kappa shape index (κ1) is 10.3. The van der Waals surface area contributed by atoms with E-state index in [4.69, 9.17) is 5.26 Å². The fourth-order valence-electron chi connectivity index (χ4n) is 0.979. The second kappa shape index (κ2) is 2.89. The molecule has 0 saturated heterocycles. The van der Waals surface area contributed by atoms with Gasteiger partial charge >= 0.3 is 5.76 Å². The van der Waals surface area contributed by atoms with Gasteiger partial charge in [0.2, 0.25) is 0 Å². The molecule has 0 radical (unpaired) electrons. The van der Waals surface area contributed by atoms with Gasteiger partial charge in [-0.25, -0.2) is 8.42 Å². The number of hydrogen-bond acceptors (Lipinski definition) is 3. The zero-order valence-electron chi connectivity index (χ0n) is 6.87. The number of sulfonamides is 1. The molecule has 0 unspecified atom stereocenters. The van der Waals surface area contributed by atoms with E-state index in [2.05, 4.69) is 0 Å². The monoisotopic (exact) mass is 210 g/mol. The van der Waals surface area contributed by atoms with Crippen LogP contribution in [0.1, 0.15) is 12.8 Å². The van der Waals surface area contributed by atoms with Crippen LogP contribution < -0.4 is 0 Å². The molecule has 0 aliphatic heterocycles. The van der Waals surface area contributed by atoms with Crippen LogP contribution in [-0.2, 0) is 10.0 Å². The summed E-state index contributed by atoms with van der Waals surface area (Å²) < 4.78 is 46.3. The minimum Gasteiger partial charge on any atom is -0.206 e. The highest BCUT2D eigenvalue weighted by molar-refractivity contribution is 7.89. The molecule has 13 heavy (non-hydrogen) atoms. The van der Waals surface area contributed by atoms with Crippen LogP contribution in [0.5, 0.6) is 0 Å². The van der Waals surface area contributed by atoms with Crippen LogP contribution in [0.3, 0.4) is 0 Å². The van der Waals surface area contributed by atoms with E-state index in [9.17, 15) is 17.2 Å². The number of rotatable bonds is 3. The maximum absolute atomic E-state index is 12.0. The Bertz CT molecular complexity index is 342. The van der Waals surface area contributed by atoms with E-state index in [0.717, 1.165) is 7.05 Å². The van der Waals surface area contributed by atoms with Crippen molar-refractivity contribution < 1.29 is 17.2 Å². The predicted octanol–water partition coefficient (Wildman–Crippen LogP) is 0.527. The molecule has 1 saturated carbocycles. The van der Waals surface area contributed by atoms with Crippen molar-refractivity contribution >= 4 is 10.0 Å². The van der Waals surface area contributed by atoms with E-state index in [0.29, 0.717) is 17.1 Å². The highest BCUT2D eigenvalue weighted by Gasteiger charge is 2.53. The average molecular weight is 210 g/mol. The van der Waals surface area contributed by atoms with Gasteiger partial charge in [0, 0.05) is 7.05 Å². The highest BCUT2D eigenvalue weighted by Crippen LogP contribution is 2.42. The summed E-state index contributed by atoms with van der Waals surface area (Å²) >= 11 is 0. The zero-order valence-corrected chi connectivity index (χ0v) is 7.68. The van der Waals surface area contributed by atoms with Gasteiger partial charge in [-0.05, 0) is 12.8 Å². The third-order valence-corrected chi connectivity index (χ3v) is 3.70. The number of nitriles is 1. The lowest BCUT2D eigenvalue weighted by atomic mass is 10.3. The third kappa shape index (κ3) is 1.51. The summed E-state index contributed by atoms with van der Waals surface area (Å²) in [5.41, 5.74) is -1.21. The summed E-state index contributed by atoms with van der Waals surface area (Å²) in [4.78, 5) is 0. The summed E-state index contributed by atoms with van der Waals surface area (Å²) in [6, 6.07) is 1.73. The number of alkyl halides is 2. The van der Waals surface area contributed by atoms with Gasteiger partial charge in [-0.2, -0.15) is 18.3 Å². The lowest BCUT2D eigenvalue weighted by molar-refractivity contribution is 0.218. The van der Waals surface area contributed by atoms with Crippen molar-refractivity contribution in [3.63, 3.8) is 0 Å². The van der Waals surface area contributed by atoms with Crippen molar-refractivity contribution in [3.8, 4) is 6.07 Å². The molecule has 1 aliphatic carbocycles. The first-order valence-corrected chi connectivity index (χ1v) is 5.04. The fraction of sp³-hybridized carbons (Fsp3) is 0.833. The Morgan fingerprint density at radius 1 is 1.54 bits per heavy atom. The van der Waals surface area contributed by atoms with Crippen molar-refractivity contribution in [1.82, 2.24) is 4.31 Å². The Labute approximate surface area is 74.8 Å². The molecule has 4 nitrogen and oxygen atoms in total. The van der Waals surface area contributed by atoms with Gasteiger partial charge in [-0.1, -0.05) is 0 Å². The number of hydrogen-bond donors (Lipinski definition) is 0. The molecule has 0 aromatic heterocycles. The quantitative estimate of drug-likeness (QED) is 0.682. The Morgan fingerprint density at radius 3 is 2.23 bits per heavy atom. The first-order chi connectivity index (χ1) is 5.87. The van der Waals surface area contributed by atoms with E-state index >= 15 is 0 Å². The largest absolute Gasteiger partial charge is 0.350 e. The molecule has 7 heteroatoms. The molecule has 0 heterocycles. The van der Waals surface area contributed by atoms with Crippen LogP contribution in [0.4, 0.5) is 8.78 Å². The molecule has 0 aromatic rings. The third-order valence-electron chi connectivity index (χ3n) is 2.14. The molecule has 0 N–H and O–H groups in total. The van der Waals surface area contributed by atoms with Crippen molar-refractivity contribution in [1.29, 1.82) is 5.26 Å². The molecular weight excluding hydrogens is 202 g/mol. The molecule has 1 fully saturated rings. The van der Waals surface area contributed by atoms with Crippen molar-refractivity contribution in [2.24, 2.45) is 0 Å². The molecule has 0 spiro atoms. The first-order valence-electron chi connectivity index (χ1n) is 3.54. The molecule has 1 rings (SSSR count). The Hall–Kier alpha value is -0.740. The lowest BCUT2D eigenvalue weighted by Gasteiger charge is -2.20. The van der Waals surface area contributed by atoms with E-state index in [-0.39, 0.29) is 0 Å². The van der Waals surface area contributed by atoms with Crippen molar-refractivity contribution in [2.45, 2.75) is 24.1 Å². The number of halogens is 2. The second-order valence-electron chi connectivity index (χ2n) is 2.92. The summed E-state index contributed by atoms with van der Waals surface area (Å²) in [7, 11) is -3.60. The van der Waals surface area contributed by atoms with E-state index in [1.54, 1.807) is 6.07 Å². The SMILES string of the molecule is CN(C1(C#N)CC1)S(=O)(=O)C(F)F. The minimum atomic E-state index is -4.61. The summed E-state index contributed by atoms with van der Waals surface area (Å²) in [5, 5.41) is 8.57. The summed E-state index contributed by atoms with van der Waals surface area (Å²) in [6.45, 7) is 0. The smallest absolute Gasteiger partial charge is 0.206 e. The molecule has 0 amide bonds. The van der Waals surface area contributed by atoms with Gasteiger partial charge in [-0.3, -0.25) is 0 Å². The minimum absolute atomic E-state index is 0.325. The van der Waals surface area contributed by atoms with E-state index < -0.39 is 21.3 Å². The van der Waals surface area contributed by atoms with E-state index in [1.165, 1.54) is 0 Å². The fourth-order valence-corrected chi connectivity index (χ4v) is 1.93. The zero-order chi connectivity index (χ0) is 10.3. The van der Waals surface area contributed by atoms with Crippen molar-refractivity contribution in [3.05, 3.63) is 0 Å². The van der Waals surface area contributed by atoms with Crippen LogP contribution in [0.25, 0.3) is 0 Å². The predicted molar refractivity (Wildman–Crippen MR) is 40.3 cm³/mol. The Kier molecular flexibility index (Phi) is 2.30. The second-order valence-corrected chi connectivity index (χ2v) is 4.85. The van der Waals surface area contributed by atoms with Gasteiger partial charge < -0.3 is 0 Å². The normalized spacial score (nSPS) is 20.3. The molecule has 0 bridgehead atoms. The maximum atomic E-state index is 12.0. The van der Waals surface area contributed by atoms with Crippen LogP contribution in [0, 0.1) is 11.3 Å². The summed E-state index contributed by atoms with van der Waals surface area (Å²) in [5.74, 6) is -3.46. The van der Waals surface area contributed by atoms with Gasteiger partial charge in [-0.15, -0.1) is 0 Å². The highest BCUT2D eigenvalue weighted by atomic mass is 32.2. The van der Waals surface area contributed by atoms with Crippen LogP contribution >= 0.6 is 0 Å². The topological polar surface area (TPSA) is 61.2 Å². The van der Waals surface area contributed by atoms with Gasteiger partial charge in [0.25, 0.3) is 10.0 Å². The molecule has 74 valence electrons.